The topological polar surface area (TPSA) is 144 Å². The minimum atomic E-state index is -1.18. The van der Waals surface area contributed by atoms with Crippen LogP contribution >= 0.6 is 0 Å². The fourth-order valence-corrected chi connectivity index (χ4v) is 3.93. The molecule has 1 aromatic heterocycles. The van der Waals surface area contributed by atoms with Gasteiger partial charge in [0, 0.05) is 36.5 Å². The van der Waals surface area contributed by atoms with E-state index in [-0.39, 0.29) is 29.1 Å². The molecule has 0 aliphatic heterocycles. The predicted octanol–water partition coefficient (Wildman–Crippen LogP) is 3.76. The van der Waals surface area contributed by atoms with Gasteiger partial charge in [0.25, 0.3) is 17.5 Å². The summed E-state index contributed by atoms with van der Waals surface area (Å²) in [6, 6.07) is 19.8. The number of hydrogen-bond acceptors (Lipinski definition) is 5. The van der Waals surface area contributed by atoms with Gasteiger partial charge in [-0.2, -0.15) is 0 Å². The van der Waals surface area contributed by atoms with Gasteiger partial charge in [0.15, 0.2) is 0 Å². The van der Waals surface area contributed by atoms with Crippen LogP contribution in [0.25, 0.3) is 10.9 Å². The Labute approximate surface area is 205 Å². The molecule has 0 spiro atoms. The summed E-state index contributed by atoms with van der Waals surface area (Å²) >= 11 is 0. The summed E-state index contributed by atoms with van der Waals surface area (Å²) in [5.74, 6) is -2.36. The Bertz CT molecular complexity index is 1480. The number of benzene rings is 3. The van der Waals surface area contributed by atoms with Gasteiger partial charge in [-0.25, -0.2) is 4.79 Å². The SMILES string of the molecule is Cn1c(C(=O)Nc2ccccc2C(=O)NC(Cc2ccccc2)C(=O)O)cc2cc([N+](=O)[O-])ccc21. The molecule has 0 aliphatic rings. The fourth-order valence-electron chi connectivity index (χ4n) is 3.93. The quantitative estimate of drug-likeness (QED) is 0.256. The smallest absolute Gasteiger partial charge is 0.326 e. The Kier molecular flexibility index (Phi) is 6.77. The van der Waals surface area contributed by atoms with Crippen molar-refractivity contribution in [1.29, 1.82) is 0 Å². The molecule has 1 unspecified atom stereocenters. The summed E-state index contributed by atoms with van der Waals surface area (Å²) in [6.45, 7) is 0. The molecule has 0 saturated heterocycles. The monoisotopic (exact) mass is 486 g/mol. The molecule has 0 saturated carbocycles. The van der Waals surface area contributed by atoms with E-state index in [9.17, 15) is 29.6 Å². The van der Waals surface area contributed by atoms with E-state index in [1.807, 2.05) is 6.07 Å². The number of nitro groups is 1. The minimum absolute atomic E-state index is 0.0921. The lowest BCUT2D eigenvalue weighted by Gasteiger charge is -2.17. The Morgan fingerprint density at radius 1 is 0.972 bits per heavy atom. The zero-order chi connectivity index (χ0) is 25.8. The number of amides is 2. The van der Waals surface area contributed by atoms with Crippen molar-refractivity contribution < 1.29 is 24.4 Å². The molecule has 36 heavy (non-hydrogen) atoms. The van der Waals surface area contributed by atoms with Crippen molar-refractivity contribution in [2.75, 3.05) is 5.32 Å². The third kappa shape index (κ3) is 5.07. The van der Waals surface area contributed by atoms with E-state index < -0.39 is 28.7 Å². The van der Waals surface area contributed by atoms with Crippen molar-refractivity contribution in [1.82, 2.24) is 9.88 Å². The van der Waals surface area contributed by atoms with Gasteiger partial charge in [0.05, 0.1) is 16.2 Å². The van der Waals surface area contributed by atoms with Gasteiger partial charge >= 0.3 is 5.97 Å². The van der Waals surface area contributed by atoms with Gasteiger partial charge < -0.3 is 20.3 Å². The average molecular weight is 486 g/mol. The maximum absolute atomic E-state index is 13.1. The van der Waals surface area contributed by atoms with Crippen LogP contribution in [0, 0.1) is 10.1 Å². The van der Waals surface area contributed by atoms with E-state index in [2.05, 4.69) is 10.6 Å². The van der Waals surface area contributed by atoms with Crippen LogP contribution in [0.4, 0.5) is 11.4 Å². The Morgan fingerprint density at radius 3 is 2.36 bits per heavy atom. The number of hydrogen-bond donors (Lipinski definition) is 3. The number of carboxylic acids is 1. The first kappa shape index (κ1) is 24.1. The molecule has 2 amide bonds. The summed E-state index contributed by atoms with van der Waals surface area (Å²) in [4.78, 5) is 48.4. The third-order valence-electron chi connectivity index (χ3n) is 5.78. The number of nitrogens with zero attached hydrogens (tertiary/aromatic N) is 2. The normalized spacial score (nSPS) is 11.6. The molecule has 0 aliphatic carbocycles. The molecule has 182 valence electrons. The van der Waals surface area contributed by atoms with Crippen LogP contribution in [-0.2, 0) is 18.3 Å². The zero-order valence-electron chi connectivity index (χ0n) is 19.2. The molecule has 0 fully saturated rings. The predicted molar refractivity (Wildman–Crippen MR) is 133 cm³/mol. The molecule has 10 nitrogen and oxygen atoms in total. The van der Waals surface area contributed by atoms with Crippen LogP contribution in [-0.4, -0.2) is 38.4 Å². The first-order valence-electron chi connectivity index (χ1n) is 11.0. The molecule has 4 aromatic rings. The molecule has 0 radical (unpaired) electrons. The summed E-state index contributed by atoms with van der Waals surface area (Å²) in [6.07, 6.45) is 0.0957. The molecule has 0 bridgehead atoms. The van der Waals surface area contributed by atoms with E-state index in [1.54, 1.807) is 54.1 Å². The fraction of sp³-hybridized carbons (Fsp3) is 0.115. The second kappa shape index (κ2) is 10.1. The van der Waals surface area contributed by atoms with Crippen molar-refractivity contribution in [3.8, 4) is 0 Å². The van der Waals surface area contributed by atoms with Crippen molar-refractivity contribution in [3.05, 3.63) is 106 Å². The van der Waals surface area contributed by atoms with Crippen molar-refractivity contribution in [2.24, 2.45) is 7.05 Å². The number of fused-ring (bicyclic) bond motifs is 1. The first-order valence-corrected chi connectivity index (χ1v) is 11.0. The second-order valence-electron chi connectivity index (χ2n) is 8.14. The van der Waals surface area contributed by atoms with Gasteiger partial charge in [-0.15, -0.1) is 0 Å². The molecule has 1 atom stereocenters. The Morgan fingerprint density at radius 2 is 1.67 bits per heavy atom. The van der Waals surface area contributed by atoms with Gasteiger partial charge in [0.1, 0.15) is 11.7 Å². The molecular weight excluding hydrogens is 464 g/mol. The molecular formula is C26H22N4O6. The van der Waals surface area contributed by atoms with Gasteiger partial charge in [-0.1, -0.05) is 42.5 Å². The molecule has 1 heterocycles. The highest BCUT2D eigenvalue weighted by molar-refractivity contribution is 6.10. The number of aryl methyl sites for hydroxylation is 1. The number of rotatable bonds is 8. The number of anilines is 1. The van der Waals surface area contributed by atoms with Gasteiger partial charge in [-0.3, -0.25) is 19.7 Å². The number of carbonyl (C=O) groups is 3. The van der Waals surface area contributed by atoms with Gasteiger partial charge in [-0.05, 0) is 29.8 Å². The number of carbonyl (C=O) groups excluding carboxylic acids is 2. The number of nitro benzene ring substituents is 1. The lowest BCUT2D eigenvalue weighted by Crippen LogP contribution is -2.42. The molecule has 10 heteroatoms. The van der Waals surface area contributed by atoms with Crippen LogP contribution in [0.3, 0.4) is 0 Å². The molecule has 3 N–H and O–H groups in total. The number of non-ortho nitro benzene ring substituents is 1. The van der Waals surface area contributed by atoms with Crippen molar-refractivity contribution in [3.63, 3.8) is 0 Å². The second-order valence-corrected chi connectivity index (χ2v) is 8.14. The number of aromatic nitrogens is 1. The minimum Gasteiger partial charge on any atom is -0.480 e. The maximum atomic E-state index is 13.1. The van der Waals surface area contributed by atoms with Gasteiger partial charge in [0.2, 0.25) is 0 Å². The Balaban J connectivity index is 1.56. The van der Waals surface area contributed by atoms with E-state index in [1.165, 1.54) is 30.3 Å². The van der Waals surface area contributed by atoms with E-state index in [0.717, 1.165) is 5.56 Å². The van der Waals surface area contributed by atoms with Crippen LogP contribution in [0.2, 0.25) is 0 Å². The lowest BCUT2D eigenvalue weighted by molar-refractivity contribution is -0.384. The highest BCUT2D eigenvalue weighted by Crippen LogP contribution is 2.25. The van der Waals surface area contributed by atoms with E-state index in [0.29, 0.717) is 10.9 Å². The Hall–Kier alpha value is -4.99. The standard InChI is InChI=1S/C26H22N4O6/c1-29-22-12-11-18(30(35)36)14-17(22)15-23(29)25(32)27-20-10-6-5-9-19(20)24(31)28-21(26(33)34)13-16-7-3-2-4-8-16/h2-12,14-15,21H,13H2,1H3,(H,27,32)(H,28,31)(H,33,34). The molecule has 4 rings (SSSR count). The number of para-hydroxylation sites is 1. The first-order chi connectivity index (χ1) is 17.2. The largest absolute Gasteiger partial charge is 0.480 e. The van der Waals surface area contributed by atoms with Crippen molar-refractivity contribution in [2.45, 2.75) is 12.5 Å². The zero-order valence-corrected chi connectivity index (χ0v) is 19.2. The number of carboxylic acid groups (broad SMARTS) is 1. The van der Waals surface area contributed by atoms with Crippen LogP contribution in [0.15, 0.2) is 78.9 Å². The summed E-state index contributed by atoms with van der Waals surface area (Å²) in [5, 5.41) is 26.4. The highest BCUT2D eigenvalue weighted by Gasteiger charge is 2.23. The third-order valence-corrected chi connectivity index (χ3v) is 5.78. The molecule has 3 aromatic carbocycles. The number of aliphatic carboxylic acids is 1. The van der Waals surface area contributed by atoms with Crippen LogP contribution < -0.4 is 10.6 Å². The summed E-state index contributed by atoms with van der Waals surface area (Å²) in [5.41, 5.74) is 1.81. The maximum Gasteiger partial charge on any atom is 0.326 e. The number of nitrogens with one attached hydrogen (secondary N) is 2. The highest BCUT2D eigenvalue weighted by atomic mass is 16.6. The summed E-state index contributed by atoms with van der Waals surface area (Å²) in [7, 11) is 1.66. The van der Waals surface area contributed by atoms with E-state index in [4.69, 9.17) is 0 Å². The summed E-state index contributed by atoms with van der Waals surface area (Å²) < 4.78 is 1.59. The lowest BCUT2D eigenvalue weighted by atomic mass is 10.1. The van der Waals surface area contributed by atoms with Crippen LogP contribution in [0.1, 0.15) is 26.4 Å². The van der Waals surface area contributed by atoms with E-state index >= 15 is 0 Å². The van der Waals surface area contributed by atoms with Crippen molar-refractivity contribution >= 4 is 40.1 Å². The van der Waals surface area contributed by atoms with Crippen LogP contribution in [0.5, 0.6) is 0 Å². The average Bonchev–Trinajstić information content (AvgIpc) is 3.20.